The largest absolute Gasteiger partial charge is 0.493 e. The van der Waals surface area contributed by atoms with Crippen molar-refractivity contribution < 1.29 is 13.9 Å². The molecular weight excluding hydrogens is 533 g/mol. The third kappa shape index (κ3) is 3.86. The van der Waals surface area contributed by atoms with Crippen LogP contribution in [0, 0.1) is 3.57 Å². The van der Waals surface area contributed by atoms with Gasteiger partial charge in [-0.05, 0) is 64.6 Å². The zero-order chi connectivity index (χ0) is 22.9. The highest BCUT2D eigenvalue weighted by Gasteiger charge is 2.16. The molecule has 0 aliphatic carbocycles. The minimum absolute atomic E-state index is 0.289. The zero-order valence-corrected chi connectivity index (χ0v) is 19.9. The van der Waals surface area contributed by atoms with E-state index in [0.717, 1.165) is 14.5 Å². The normalized spacial score (nSPS) is 11.5. The fraction of sp³-hybridized carbons (Fsp3) is 0.0800. The van der Waals surface area contributed by atoms with Crippen molar-refractivity contribution in [2.24, 2.45) is 5.10 Å². The molecule has 5 rings (SSSR count). The van der Waals surface area contributed by atoms with Gasteiger partial charge in [-0.3, -0.25) is 4.79 Å². The molecule has 2 aromatic heterocycles. The Balaban J connectivity index is 1.70. The van der Waals surface area contributed by atoms with Crippen molar-refractivity contribution in [3.63, 3.8) is 0 Å². The molecule has 5 aromatic rings. The molecule has 0 N–H and O–H groups in total. The number of aromatic nitrogens is 2. The van der Waals surface area contributed by atoms with Gasteiger partial charge in [0.2, 0.25) is 5.82 Å². The van der Waals surface area contributed by atoms with Gasteiger partial charge in [0, 0.05) is 5.39 Å². The Kier molecular flexibility index (Phi) is 5.59. The highest BCUT2D eigenvalue weighted by molar-refractivity contribution is 14.1. The summed E-state index contributed by atoms with van der Waals surface area (Å²) in [4.78, 5) is 18.1. The summed E-state index contributed by atoms with van der Waals surface area (Å²) in [5.74, 6) is 1.99. The monoisotopic (exact) mass is 551 g/mol. The Morgan fingerprint density at radius 1 is 1.03 bits per heavy atom. The lowest BCUT2D eigenvalue weighted by Gasteiger charge is -2.10. The lowest BCUT2D eigenvalue weighted by molar-refractivity contribution is 0.353. The number of benzene rings is 3. The molecule has 0 bridgehead atoms. The number of nitrogens with zero attached hydrogens (tertiary/aromatic N) is 3. The lowest BCUT2D eigenvalue weighted by Crippen LogP contribution is -2.20. The van der Waals surface area contributed by atoms with Crippen LogP contribution in [0.5, 0.6) is 11.5 Å². The van der Waals surface area contributed by atoms with Crippen LogP contribution >= 0.6 is 22.6 Å². The maximum absolute atomic E-state index is 13.4. The number of hydrogen-bond acceptors (Lipinski definition) is 6. The molecule has 7 nitrogen and oxygen atoms in total. The maximum Gasteiger partial charge on any atom is 0.282 e. The van der Waals surface area contributed by atoms with Gasteiger partial charge in [-0.25, -0.2) is 4.98 Å². The molecule has 3 aromatic carbocycles. The van der Waals surface area contributed by atoms with Crippen LogP contribution in [0.25, 0.3) is 33.5 Å². The molecular formula is C25H18IN3O4. The number of furan rings is 1. The van der Waals surface area contributed by atoms with E-state index < -0.39 is 0 Å². The molecule has 0 aliphatic heterocycles. The first kappa shape index (κ1) is 21.2. The van der Waals surface area contributed by atoms with Crippen molar-refractivity contribution in [3.8, 4) is 23.1 Å². The van der Waals surface area contributed by atoms with Gasteiger partial charge in [0.1, 0.15) is 5.58 Å². The van der Waals surface area contributed by atoms with Crippen molar-refractivity contribution in [3.05, 3.63) is 86.2 Å². The fourth-order valence-corrected chi connectivity index (χ4v) is 4.46. The quantitative estimate of drug-likeness (QED) is 0.219. The Morgan fingerprint density at radius 3 is 2.61 bits per heavy atom. The fourth-order valence-electron chi connectivity index (χ4n) is 3.62. The van der Waals surface area contributed by atoms with E-state index in [1.54, 1.807) is 44.7 Å². The van der Waals surface area contributed by atoms with Crippen LogP contribution in [0.3, 0.4) is 0 Å². The van der Waals surface area contributed by atoms with E-state index in [1.165, 1.54) is 4.68 Å². The molecule has 0 saturated heterocycles. The Morgan fingerprint density at radius 2 is 1.82 bits per heavy atom. The Labute approximate surface area is 202 Å². The standard InChI is InChI=1S/C25H18IN3O4/c1-31-21-12-15(11-18(26)23(21)32-2)14-27-29-24(22-13-16-7-3-6-10-20(16)33-22)28-19-9-5-4-8-17(19)25(29)30/h3-14H,1-2H3. The van der Waals surface area contributed by atoms with Crippen molar-refractivity contribution >= 4 is 50.7 Å². The Hall–Kier alpha value is -3.66. The highest BCUT2D eigenvalue weighted by Crippen LogP contribution is 2.33. The van der Waals surface area contributed by atoms with Gasteiger partial charge < -0.3 is 13.9 Å². The second-order valence-corrected chi connectivity index (χ2v) is 8.36. The van der Waals surface area contributed by atoms with Crippen LogP contribution in [0.1, 0.15) is 5.56 Å². The van der Waals surface area contributed by atoms with E-state index in [1.807, 2.05) is 42.5 Å². The molecule has 2 heterocycles. The van der Waals surface area contributed by atoms with Gasteiger partial charge in [0.05, 0.1) is 34.9 Å². The number of halogens is 1. The van der Waals surface area contributed by atoms with Crippen molar-refractivity contribution in [1.82, 2.24) is 9.66 Å². The van der Waals surface area contributed by atoms with Crippen molar-refractivity contribution in [2.75, 3.05) is 14.2 Å². The summed E-state index contributed by atoms with van der Waals surface area (Å²) in [6, 6.07) is 20.4. The first-order valence-corrected chi connectivity index (χ1v) is 11.1. The second-order valence-electron chi connectivity index (χ2n) is 7.20. The van der Waals surface area contributed by atoms with Gasteiger partial charge in [-0.2, -0.15) is 9.78 Å². The second kappa shape index (κ2) is 8.70. The molecule has 0 radical (unpaired) electrons. The highest BCUT2D eigenvalue weighted by atomic mass is 127. The zero-order valence-electron chi connectivity index (χ0n) is 17.8. The third-order valence-electron chi connectivity index (χ3n) is 5.18. The first-order chi connectivity index (χ1) is 16.1. The molecule has 0 saturated carbocycles. The summed E-state index contributed by atoms with van der Waals surface area (Å²) < 4.78 is 19.0. The minimum Gasteiger partial charge on any atom is -0.493 e. The van der Waals surface area contributed by atoms with Crippen molar-refractivity contribution in [2.45, 2.75) is 0 Å². The van der Waals surface area contributed by atoms with Crippen LogP contribution in [0.2, 0.25) is 0 Å². The summed E-state index contributed by atoms with van der Waals surface area (Å²) >= 11 is 2.17. The smallest absolute Gasteiger partial charge is 0.282 e. The Bertz CT molecular complexity index is 1550. The predicted molar refractivity (Wildman–Crippen MR) is 136 cm³/mol. The first-order valence-electron chi connectivity index (χ1n) is 10.1. The van der Waals surface area contributed by atoms with Gasteiger partial charge in [-0.1, -0.05) is 30.3 Å². The topological polar surface area (TPSA) is 78.9 Å². The number of para-hydroxylation sites is 2. The SMILES string of the molecule is COc1cc(C=Nn2c(-c3cc4ccccc4o3)nc3ccccc3c2=O)cc(I)c1OC. The average molecular weight is 551 g/mol. The van der Waals surface area contributed by atoms with Crippen LogP contribution < -0.4 is 15.0 Å². The van der Waals surface area contributed by atoms with E-state index in [2.05, 4.69) is 27.7 Å². The number of fused-ring (bicyclic) bond motifs is 2. The van der Waals surface area contributed by atoms with Crippen LogP contribution in [-0.4, -0.2) is 30.1 Å². The summed E-state index contributed by atoms with van der Waals surface area (Å²) in [7, 11) is 3.17. The van der Waals surface area contributed by atoms with E-state index in [4.69, 9.17) is 18.9 Å². The molecule has 0 amide bonds. The van der Waals surface area contributed by atoms with E-state index in [9.17, 15) is 4.79 Å². The maximum atomic E-state index is 13.4. The van der Waals surface area contributed by atoms with Gasteiger partial charge in [-0.15, -0.1) is 0 Å². The predicted octanol–water partition coefficient (Wildman–Crippen LogP) is 5.31. The molecule has 0 aliphatic rings. The molecule has 0 fully saturated rings. The molecule has 8 heteroatoms. The van der Waals surface area contributed by atoms with E-state index in [-0.39, 0.29) is 5.56 Å². The van der Waals surface area contributed by atoms with Crippen molar-refractivity contribution in [1.29, 1.82) is 0 Å². The van der Waals surface area contributed by atoms with Crippen LogP contribution in [0.4, 0.5) is 0 Å². The summed E-state index contributed by atoms with van der Waals surface area (Å²) in [5, 5.41) is 5.89. The molecule has 164 valence electrons. The summed E-state index contributed by atoms with van der Waals surface area (Å²) in [6.07, 6.45) is 1.59. The van der Waals surface area contributed by atoms with Crippen LogP contribution in [0.15, 0.2) is 81.0 Å². The number of ether oxygens (including phenoxy) is 2. The minimum atomic E-state index is -0.289. The van der Waals surface area contributed by atoms with E-state index >= 15 is 0 Å². The van der Waals surface area contributed by atoms with Gasteiger partial charge in [0.25, 0.3) is 5.56 Å². The average Bonchev–Trinajstić information content (AvgIpc) is 3.27. The third-order valence-corrected chi connectivity index (χ3v) is 5.98. The van der Waals surface area contributed by atoms with Gasteiger partial charge in [0.15, 0.2) is 17.3 Å². The lowest BCUT2D eigenvalue weighted by atomic mass is 10.2. The number of methoxy groups -OCH3 is 2. The molecule has 0 spiro atoms. The molecule has 33 heavy (non-hydrogen) atoms. The van der Waals surface area contributed by atoms with Crippen LogP contribution in [-0.2, 0) is 0 Å². The summed E-state index contributed by atoms with van der Waals surface area (Å²) in [6.45, 7) is 0. The molecule has 0 unspecified atom stereocenters. The molecule has 0 atom stereocenters. The number of rotatable bonds is 5. The van der Waals surface area contributed by atoms with Gasteiger partial charge >= 0.3 is 0 Å². The summed E-state index contributed by atoms with van der Waals surface area (Å²) in [5.41, 5.74) is 1.74. The number of hydrogen-bond donors (Lipinski definition) is 0. The van der Waals surface area contributed by atoms with E-state index in [0.29, 0.717) is 39.6 Å².